The zero-order valence-electron chi connectivity index (χ0n) is 11.8. The molecule has 2 amide bonds. The summed E-state index contributed by atoms with van der Waals surface area (Å²) < 4.78 is 0. The van der Waals surface area contributed by atoms with E-state index in [0.29, 0.717) is 0 Å². The lowest BCUT2D eigenvalue weighted by Crippen LogP contribution is -2.37. The zero-order valence-corrected chi connectivity index (χ0v) is 11.8. The molecule has 21 heavy (non-hydrogen) atoms. The molecule has 0 bridgehead atoms. The SMILES string of the molecule is O=C(Nc1cccc(C(=O)O)c1O)NC1CCCCCC1. The minimum atomic E-state index is -1.24. The van der Waals surface area contributed by atoms with E-state index in [1.54, 1.807) is 0 Å². The number of carbonyl (C=O) groups is 2. The number of nitrogens with one attached hydrogen (secondary N) is 2. The van der Waals surface area contributed by atoms with Gasteiger partial charge in [-0.15, -0.1) is 0 Å². The highest BCUT2D eigenvalue weighted by atomic mass is 16.4. The maximum atomic E-state index is 11.9. The van der Waals surface area contributed by atoms with Gasteiger partial charge in [-0.2, -0.15) is 0 Å². The first kappa shape index (κ1) is 15.2. The second-order valence-corrected chi connectivity index (χ2v) is 5.29. The smallest absolute Gasteiger partial charge is 0.339 e. The summed E-state index contributed by atoms with van der Waals surface area (Å²) >= 11 is 0. The van der Waals surface area contributed by atoms with Gasteiger partial charge < -0.3 is 20.8 Å². The van der Waals surface area contributed by atoms with Gasteiger partial charge in [-0.1, -0.05) is 31.7 Å². The average molecular weight is 292 g/mol. The molecule has 4 N–H and O–H groups in total. The zero-order chi connectivity index (χ0) is 15.2. The fourth-order valence-corrected chi connectivity index (χ4v) is 2.58. The molecule has 0 spiro atoms. The van der Waals surface area contributed by atoms with Crippen molar-refractivity contribution in [1.82, 2.24) is 5.32 Å². The lowest BCUT2D eigenvalue weighted by molar-refractivity contribution is 0.0693. The first-order valence-electron chi connectivity index (χ1n) is 7.20. The van der Waals surface area contributed by atoms with Gasteiger partial charge in [-0.25, -0.2) is 9.59 Å². The molecule has 2 rings (SSSR count). The number of urea groups is 1. The van der Waals surface area contributed by atoms with Crippen molar-refractivity contribution in [2.45, 2.75) is 44.6 Å². The van der Waals surface area contributed by atoms with Crippen LogP contribution in [0.25, 0.3) is 0 Å². The van der Waals surface area contributed by atoms with Gasteiger partial charge in [0.2, 0.25) is 0 Å². The van der Waals surface area contributed by atoms with E-state index in [9.17, 15) is 14.7 Å². The Hall–Kier alpha value is -2.24. The van der Waals surface area contributed by atoms with Gasteiger partial charge in [0.25, 0.3) is 0 Å². The molecule has 1 saturated carbocycles. The number of carboxylic acid groups (broad SMARTS) is 1. The van der Waals surface area contributed by atoms with Crippen molar-refractivity contribution in [2.24, 2.45) is 0 Å². The van der Waals surface area contributed by atoms with Crippen LogP contribution in [-0.4, -0.2) is 28.3 Å². The van der Waals surface area contributed by atoms with Gasteiger partial charge in [-0.05, 0) is 25.0 Å². The van der Waals surface area contributed by atoms with Crippen molar-refractivity contribution in [3.05, 3.63) is 23.8 Å². The maximum Gasteiger partial charge on any atom is 0.339 e. The summed E-state index contributed by atoms with van der Waals surface area (Å²) in [7, 11) is 0. The Bertz CT molecular complexity index is 522. The highest BCUT2D eigenvalue weighted by molar-refractivity contribution is 5.97. The van der Waals surface area contributed by atoms with Crippen LogP contribution in [-0.2, 0) is 0 Å². The molecular weight excluding hydrogens is 272 g/mol. The van der Waals surface area contributed by atoms with Crippen molar-refractivity contribution in [3.8, 4) is 5.75 Å². The van der Waals surface area contributed by atoms with Crippen LogP contribution in [0.1, 0.15) is 48.9 Å². The molecule has 0 atom stereocenters. The first-order chi connectivity index (χ1) is 10.1. The molecule has 0 aromatic heterocycles. The second-order valence-electron chi connectivity index (χ2n) is 5.29. The highest BCUT2D eigenvalue weighted by Gasteiger charge is 2.17. The summed E-state index contributed by atoms with van der Waals surface area (Å²) in [6.07, 6.45) is 6.50. The molecule has 0 aliphatic heterocycles. The lowest BCUT2D eigenvalue weighted by atomic mass is 10.1. The van der Waals surface area contributed by atoms with Crippen LogP contribution in [0, 0.1) is 0 Å². The minimum absolute atomic E-state index is 0.0982. The van der Waals surface area contributed by atoms with Crippen LogP contribution in [0.3, 0.4) is 0 Å². The fraction of sp³-hybridized carbons (Fsp3) is 0.467. The Balaban J connectivity index is 1.99. The number of carbonyl (C=O) groups excluding carboxylic acids is 1. The molecule has 0 saturated heterocycles. The van der Waals surface area contributed by atoms with Crippen LogP contribution in [0.15, 0.2) is 18.2 Å². The monoisotopic (exact) mass is 292 g/mol. The standard InChI is InChI=1S/C15H20N2O4/c18-13-11(14(19)20)8-5-9-12(13)17-15(21)16-10-6-3-1-2-4-7-10/h5,8-10,18H,1-4,6-7H2,(H,19,20)(H2,16,17,21). The third-order valence-electron chi connectivity index (χ3n) is 3.71. The topological polar surface area (TPSA) is 98.7 Å². The largest absolute Gasteiger partial charge is 0.505 e. The molecule has 1 aromatic rings. The number of benzene rings is 1. The molecule has 6 heteroatoms. The Labute approximate surface area is 123 Å². The summed E-state index contributed by atoms with van der Waals surface area (Å²) in [4.78, 5) is 22.9. The van der Waals surface area contributed by atoms with Gasteiger partial charge in [0.05, 0.1) is 5.69 Å². The first-order valence-corrected chi connectivity index (χ1v) is 7.20. The van der Waals surface area contributed by atoms with E-state index >= 15 is 0 Å². The number of para-hydroxylation sites is 1. The number of aromatic carboxylic acids is 1. The van der Waals surface area contributed by atoms with Gasteiger partial charge in [0.15, 0.2) is 5.75 Å². The Morgan fingerprint density at radius 3 is 2.38 bits per heavy atom. The van der Waals surface area contributed by atoms with Gasteiger partial charge in [-0.3, -0.25) is 0 Å². The molecule has 1 aromatic carbocycles. The van der Waals surface area contributed by atoms with E-state index in [1.165, 1.54) is 31.0 Å². The molecule has 6 nitrogen and oxygen atoms in total. The number of rotatable bonds is 3. The second kappa shape index (κ2) is 6.97. The number of anilines is 1. The summed E-state index contributed by atoms with van der Waals surface area (Å²) in [5.74, 6) is -1.67. The summed E-state index contributed by atoms with van der Waals surface area (Å²) in [6, 6.07) is 3.95. The summed E-state index contributed by atoms with van der Waals surface area (Å²) in [5, 5.41) is 24.1. The van der Waals surface area contributed by atoms with Crippen molar-refractivity contribution in [1.29, 1.82) is 0 Å². The van der Waals surface area contributed by atoms with E-state index < -0.39 is 17.7 Å². The number of hydrogen-bond donors (Lipinski definition) is 4. The van der Waals surface area contributed by atoms with E-state index in [-0.39, 0.29) is 17.3 Å². The molecule has 0 unspecified atom stereocenters. The normalized spacial score (nSPS) is 16.0. The minimum Gasteiger partial charge on any atom is -0.505 e. The number of amides is 2. The van der Waals surface area contributed by atoms with Crippen molar-refractivity contribution < 1.29 is 19.8 Å². The Morgan fingerprint density at radius 1 is 1.10 bits per heavy atom. The molecule has 0 heterocycles. The van der Waals surface area contributed by atoms with Crippen molar-refractivity contribution >= 4 is 17.7 Å². The Morgan fingerprint density at radius 2 is 1.76 bits per heavy atom. The van der Waals surface area contributed by atoms with Gasteiger partial charge in [0.1, 0.15) is 5.56 Å². The third-order valence-corrected chi connectivity index (χ3v) is 3.71. The van der Waals surface area contributed by atoms with Crippen LogP contribution < -0.4 is 10.6 Å². The molecule has 114 valence electrons. The number of carboxylic acids is 1. The van der Waals surface area contributed by atoms with E-state index in [0.717, 1.165) is 25.7 Å². The van der Waals surface area contributed by atoms with Gasteiger partial charge in [0, 0.05) is 6.04 Å². The lowest BCUT2D eigenvalue weighted by Gasteiger charge is -2.17. The summed E-state index contributed by atoms with van der Waals surface area (Å²) in [6.45, 7) is 0. The van der Waals surface area contributed by atoms with Crippen molar-refractivity contribution in [2.75, 3.05) is 5.32 Å². The van der Waals surface area contributed by atoms with Crippen LogP contribution in [0.2, 0.25) is 0 Å². The Kier molecular flexibility index (Phi) is 5.03. The van der Waals surface area contributed by atoms with Crippen LogP contribution in [0.5, 0.6) is 5.75 Å². The molecule has 0 radical (unpaired) electrons. The molecular formula is C15H20N2O4. The summed E-state index contributed by atoms with van der Waals surface area (Å²) in [5.41, 5.74) is -0.136. The fourth-order valence-electron chi connectivity index (χ4n) is 2.58. The van der Waals surface area contributed by atoms with E-state index in [1.807, 2.05) is 0 Å². The molecule has 1 fully saturated rings. The van der Waals surface area contributed by atoms with Gasteiger partial charge >= 0.3 is 12.0 Å². The number of aromatic hydroxyl groups is 1. The third kappa shape index (κ3) is 4.11. The number of phenols is 1. The van der Waals surface area contributed by atoms with E-state index in [2.05, 4.69) is 10.6 Å². The highest BCUT2D eigenvalue weighted by Crippen LogP contribution is 2.27. The molecule has 1 aliphatic rings. The quantitative estimate of drug-likeness (QED) is 0.508. The predicted molar refractivity (Wildman–Crippen MR) is 78.7 cm³/mol. The average Bonchev–Trinajstić information content (AvgIpc) is 2.69. The number of hydrogen-bond acceptors (Lipinski definition) is 3. The maximum absolute atomic E-state index is 11.9. The molecule has 1 aliphatic carbocycles. The van der Waals surface area contributed by atoms with Crippen LogP contribution >= 0.6 is 0 Å². The predicted octanol–water partition coefficient (Wildman–Crippen LogP) is 2.93. The van der Waals surface area contributed by atoms with Crippen LogP contribution in [0.4, 0.5) is 10.5 Å². The van der Waals surface area contributed by atoms with E-state index in [4.69, 9.17) is 5.11 Å². The van der Waals surface area contributed by atoms with Crippen molar-refractivity contribution in [3.63, 3.8) is 0 Å².